The molecular formula is C10H19BrS. The van der Waals surface area contributed by atoms with Crippen molar-refractivity contribution in [3.63, 3.8) is 0 Å². The second-order valence-electron chi connectivity index (χ2n) is 3.66. The fraction of sp³-hybridized carbons (Fsp3) is 1.00. The van der Waals surface area contributed by atoms with Gasteiger partial charge in [-0.25, -0.2) is 0 Å². The first-order valence-corrected chi connectivity index (χ1v) is 7.13. The van der Waals surface area contributed by atoms with E-state index in [0.29, 0.717) is 0 Å². The van der Waals surface area contributed by atoms with E-state index in [1.165, 1.54) is 43.6 Å². The average molecular weight is 251 g/mol. The lowest BCUT2D eigenvalue weighted by Crippen LogP contribution is -2.10. The second-order valence-corrected chi connectivity index (χ2v) is 5.91. The second kappa shape index (κ2) is 6.31. The van der Waals surface area contributed by atoms with Gasteiger partial charge in [-0.2, -0.15) is 11.8 Å². The Hall–Kier alpha value is 0.830. The molecule has 1 aliphatic heterocycles. The largest absolute Gasteiger partial charge is 0.161 e. The molecule has 1 fully saturated rings. The molecule has 0 aromatic carbocycles. The molecule has 1 rings (SSSR count). The van der Waals surface area contributed by atoms with E-state index in [2.05, 4.69) is 34.6 Å². The number of unbranched alkanes of at least 4 members (excludes halogenated alkanes) is 3. The third-order valence-corrected chi connectivity index (χ3v) is 5.31. The highest BCUT2D eigenvalue weighted by Gasteiger charge is 2.24. The van der Waals surface area contributed by atoms with Gasteiger partial charge in [-0.1, -0.05) is 48.5 Å². The molecule has 1 heterocycles. The van der Waals surface area contributed by atoms with E-state index in [1.807, 2.05) is 0 Å². The molecule has 0 bridgehead atoms. The summed E-state index contributed by atoms with van der Waals surface area (Å²) < 4.78 is 0. The van der Waals surface area contributed by atoms with Crippen molar-refractivity contribution in [3.05, 3.63) is 0 Å². The van der Waals surface area contributed by atoms with Crippen LogP contribution in [0.25, 0.3) is 0 Å². The van der Waals surface area contributed by atoms with Crippen LogP contribution in [-0.2, 0) is 0 Å². The summed E-state index contributed by atoms with van der Waals surface area (Å²) in [6.45, 7) is 2.28. The summed E-state index contributed by atoms with van der Waals surface area (Å²) in [5, 5.41) is 0. The predicted molar refractivity (Wildman–Crippen MR) is 62.3 cm³/mol. The van der Waals surface area contributed by atoms with Gasteiger partial charge in [0.15, 0.2) is 0 Å². The maximum atomic E-state index is 3.75. The van der Waals surface area contributed by atoms with Crippen molar-refractivity contribution in [2.75, 3.05) is 11.5 Å². The first-order chi connectivity index (χ1) is 5.84. The van der Waals surface area contributed by atoms with E-state index in [-0.39, 0.29) is 0 Å². The van der Waals surface area contributed by atoms with Crippen molar-refractivity contribution in [2.45, 2.75) is 43.9 Å². The first kappa shape index (κ1) is 10.9. The van der Waals surface area contributed by atoms with Gasteiger partial charge in [-0.05, 0) is 18.1 Å². The molecule has 0 nitrogen and oxygen atoms in total. The van der Waals surface area contributed by atoms with Gasteiger partial charge in [-0.15, -0.1) is 0 Å². The molecule has 1 saturated heterocycles. The van der Waals surface area contributed by atoms with E-state index < -0.39 is 0 Å². The normalized spacial score (nSPS) is 29.5. The summed E-state index contributed by atoms with van der Waals surface area (Å²) >= 11 is 5.86. The fourth-order valence-electron chi connectivity index (χ4n) is 1.67. The molecule has 0 aliphatic carbocycles. The highest BCUT2D eigenvalue weighted by Crippen LogP contribution is 2.33. The summed E-state index contributed by atoms with van der Waals surface area (Å²) in [7, 11) is 0. The maximum absolute atomic E-state index is 3.75. The van der Waals surface area contributed by atoms with E-state index in [1.54, 1.807) is 0 Å². The Morgan fingerprint density at radius 2 is 2.08 bits per heavy atom. The molecule has 0 aromatic heterocycles. The Labute approximate surface area is 89.0 Å². The van der Waals surface area contributed by atoms with Crippen LogP contribution in [0.2, 0.25) is 0 Å². The molecular weight excluding hydrogens is 232 g/mol. The van der Waals surface area contributed by atoms with Crippen molar-refractivity contribution >= 4 is 27.7 Å². The van der Waals surface area contributed by atoms with Crippen LogP contribution in [0.15, 0.2) is 0 Å². The van der Waals surface area contributed by atoms with Crippen LogP contribution >= 0.6 is 27.7 Å². The minimum absolute atomic E-state index is 0.809. The van der Waals surface area contributed by atoms with Crippen molar-refractivity contribution in [2.24, 2.45) is 5.92 Å². The van der Waals surface area contributed by atoms with Crippen LogP contribution in [0, 0.1) is 5.92 Å². The minimum atomic E-state index is 0.809. The zero-order chi connectivity index (χ0) is 8.81. The number of halogens is 1. The van der Waals surface area contributed by atoms with E-state index in [0.717, 1.165) is 10.7 Å². The SMILES string of the molecule is CCCCCCC1CSCC1Br. The molecule has 2 unspecified atom stereocenters. The molecule has 72 valence electrons. The van der Waals surface area contributed by atoms with Crippen molar-refractivity contribution in [1.29, 1.82) is 0 Å². The quantitative estimate of drug-likeness (QED) is 0.524. The average Bonchev–Trinajstić information content (AvgIpc) is 2.46. The third kappa shape index (κ3) is 3.69. The Balaban J connectivity index is 1.98. The Morgan fingerprint density at radius 3 is 2.67 bits per heavy atom. The third-order valence-electron chi connectivity index (χ3n) is 2.55. The van der Waals surface area contributed by atoms with Crippen LogP contribution < -0.4 is 0 Å². The van der Waals surface area contributed by atoms with E-state index >= 15 is 0 Å². The fourth-order valence-corrected chi connectivity index (χ4v) is 4.26. The van der Waals surface area contributed by atoms with Crippen LogP contribution in [0.3, 0.4) is 0 Å². The highest BCUT2D eigenvalue weighted by atomic mass is 79.9. The van der Waals surface area contributed by atoms with E-state index in [9.17, 15) is 0 Å². The van der Waals surface area contributed by atoms with Crippen molar-refractivity contribution in [1.82, 2.24) is 0 Å². The molecule has 2 heteroatoms. The molecule has 0 spiro atoms. The molecule has 0 radical (unpaired) electrons. The zero-order valence-electron chi connectivity index (χ0n) is 7.89. The van der Waals surface area contributed by atoms with E-state index in [4.69, 9.17) is 0 Å². The summed E-state index contributed by atoms with van der Waals surface area (Å²) in [5.41, 5.74) is 0. The minimum Gasteiger partial charge on any atom is -0.161 e. The predicted octanol–water partition coefficient (Wildman–Crippen LogP) is 4.08. The number of hydrogen-bond donors (Lipinski definition) is 0. The zero-order valence-corrected chi connectivity index (χ0v) is 10.3. The molecule has 2 atom stereocenters. The van der Waals surface area contributed by atoms with Crippen LogP contribution in [0.4, 0.5) is 0 Å². The molecule has 0 N–H and O–H groups in total. The van der Waals surface area contributed by atoms with Gasteiger partial charge in [0.1, 0.15) is 0 Å². The molecule has 12 heavy (non-hydrogen) atoms. The number of thioether (sulfide) groups is 1. The Morgan fingerprint density at radius 1 is 1.25 bits per heavy atom. The lowest BCUT2D eigenvalue weighted by atomic mass is 10.0. The summed E-state index contributed by atoms with van der Waals surface area (Å²) in [6, 6.07) is 0. The molecule has 0 saturated carbocycles. The Bertz CT molecular complexity index is 116. The summed E-state index contributed by atoms with van der Waals surface area (Å²) in [4.78, 5) is 0.809. The van der Waals surface area contributed by atoms with Gasteiger partial charge in [0.25, 0.3) is 0 Å². The van der Waals surface area contributed by atoms with Gasteiger partial charge in [0, 0.05) is 10.6 Å². The Kier molecular flexibility index (Phi) is 5.73. The van der Waals surface area contributed by atoms with Crippen LogP contribution in [-0.4, -0.2) is 16.3 Å². The first-order valence-electron chi connectivity index (χ1n) is 5.06. The van der Waals surface area contributed by atoms with Crippen LogP contribution in [0.5, 0.6) is 0 Å². The molecule has 1 aliphatic rings. The standard InChI is InChI=1S/C10H19BrS/c1-2-3-4-5-6-9-7-12-8-10(9)11/h9-10H,2-8H2,1H3. The number of alkyl halides is 1. The number of hydrogen-bond acceptors (Lipinski definition) is 1. The van der Waals surface area contributed by atoms with Gasteiger partial charge < -0.3 is 0 Å². The summed E-state index contributed by atoms with van der Waals surface area (Å²) in [6.07, 6.45) is 7.12. The lowest BCUT2D eigenvalue weighted by molar-refractivity contribution is 0.510. The number of rotatable bonds is 5. The van der Waals surface area contributed by atoms with Crippen molar-refractivity contribution < 1.29 is 0 Å². The van der Waals surface area contributed by atoms with Gasteiger partial charge in [-0.3, -0.25) is 0 Å². The highest BCUT2D eigenvalue weighted by molar-refractivity contribution is 9.09. The van der Waals surface area contributed by atoms with Gasteiger partial charge >= 0.3 is 0 Å². The monoisotopic (exact) mass is 250 g/mol. The molecule has 0 amide bonds. The maximum Gasteiger partial charge on any atom is 0.0272 e. The smallest absolute Gasteiger partial charge is 0.0272 e. The van der Waals surface area contributed by atoms with Gasteiger partial charge in [0.2, 0.25) is 0 Å². The van der Waals surface area contributed by atoms with Gasteiger partial charge in [0.05, 0.1) is 0 Å². The molecule has 0 aromatic rings. The summed E-state index contributed by atoms with van der Waals surface area (Å²) in [5.74, 6) is 3.69. The topological polar surface area (TPSA) is 0 Å². The van der Waals surface area contributed by atoms with Crippen LogP contribution in [0.1, 0.15) is 39.0 Å². The van der Waals surface area contributed by atoms with Crippen molar-refractivity contribution in [3.8, 4) is 0 Å². The lowest BCUT2D eigenvalue weighted by Gasteiger charge is -2.11.